The number of amides is 2. The maximum atomic E-state index is 14.4. The summed E-state index contributed by atoms with van der Waals surface area (Å²) in [5, 5.41) is 2.59. The number of carbonyl (C=O) groups excluding carboxylic acids is 3. The highest BCUT2D eigenvalue weighted by atomic mass is 19.1. The number of halogens is 1. The highest BCUT2D eigenvalue weighted by Gasteiger charge is 2.33. The summed E-state index contributed by atoms with van der Waals surface area (Å²) in [5.41, 5.74) is 0.740. The molecule has 0 aliphatic carbocycles. The Morgan fingerprint density at radius 1 is 1.42 bits per heavy atom. The summed E-state index contributed by atoms with van der Waals surface area (Å²) < 4.78 is 19.5. The smallest absolute Gasteiger partial charge is 0.414 e. The molecule has 2 aliphatic rings. The molecule has 3 rings (SSSR count). The maximum absolute atomic E-state index is 14.4. The van der Waals surface area contributed by atoms with Crippen LogP contribution in [0.5, 0.6) is 0 Å². The zero-order chi connectivity index (χ0) is 17.3. The Bertz CT molecular complexity index is 694. The summed E-state index contributed by atoms with van der Waals surface area (Å²) in [6, 6.07) is 4.46. The van der Waals surface area contributed by atoms with E-state index in [2.05, 4.69) is 5.32 Å². The monoisotopic (exact) mass is 335 g/mol. The average Bonchev–Trinajstić information content (AvgIpc) is 3.11. The molecule has 0 spiro atoms. The number of ether oxygens (including phenoxy) is 1. The van der Waals surface area contributed by atoms with E-state index in [1.54, 1.807) is 17.0 Å². The first-order chi connectivity index (χ1) is 11.4. The summed E-state index contributed by atoms with van der Waals surface area (Å²) >= 11 is 0. The summed E-state index contributed by atoms with van der Waals surface area (Å²) in [4.78, 5) is 37.2. The SMILES string of the molecule is CC(=O)NC[C@H]1CN(c2ccc(N3CCC(=O)C3)c(F)c2)C(=O)O1. The molecule has 8 heteroatoms. The number of carbonyl (C=O) groups is 3. The van der Waals surface area contributed by atoms with E-state index >= 15 is 0 Å². The van der Waals surface area contributed by atoms with Crippen LogP contribution in [0.4, 0.5) is 20.6 Å². The number of anilines is 2. The van der Waals surface area contributed by atoms with Gasteiger partial charge in [-0.3, -0.25) is 14.5 Å². The third-order valence-corrected chi connectivity index (χ3v) is 4.06. The lowest BCUT2D eigenvalue weighted by Gasteiger charge is -2.19. The largest absolute Gasteiger partial charge is 0.442 e. The lowest BCUT2D eigenvalue weighted by atomic mass is 10.2. The number of hydrogen-bond donors (Lipinski definition) is 1. The standard InChI is InChI=1S/C16H18FN3O4/c1-10(21)18-7-13-9-20(16(23)24-13)11-2-3-15(14(17)6-11)19-5-4-12(22)8-19/h2-3,6,13H,4-5,7-9H2,1H3,(H,18,21)/t13-/m0/s1. The van der Waals surface area contributed by atoms with Crippen molar-refractivity contribution < 1.29 is 23.5 Å². The van der Waals surface area contributed by atoms with Crippen LogP contribution in [-0.2, 0) is 14.3 Å². The molecule has 0 radical (unpaired) electrons. The van der Waals surface area contributed by atoms with E-state index in [9.17, 15) is 18.8 Å². The van der Waals surface area contributed by atoms with Gasteiger partial charge in [0, 0.05) is 19.9 Å². The molecule has 24 heavy (non-hydrogen) atoms. The van der Waals surface area contributed by atoms with Crippen molar-refractivity contribution in [2.75, 3.05) is 36.0 Å². The minimum absolute atomic E-state index is 0.0856. The molecule has 0 aromatic heterocycles. The van der Waals surface area contributed by atoms with Crippen molar-refractivity contribution in [3.8, 4) is 0 Å². The van der Waals surface area contributed by atoms with E-state index in [0.717, 1.165) is 0 Å². The Balaban J connectivity index is 1.71. The van der Waals surface area contributed by atoms with E-state index in [1.165, 1.54) is 17.9 Å². The van der Waals surface area contributed by atoms with Crippen LogP contribution in [0.25, 0.3) is 0 Å². The van der Waals surface area contributed by atoms with Gasteiger partial charge in [-0.15, -0.1) is 0 Å². The van der Waals surface area contributed by atoms with Gasteiger partial charge in [0.15, 0.2) is 5.78 Å². The predicted molar refractivity (Wildman–Crippen MR) is 84.5 cm³/mol. The van der Waals surface area contributed by atoms with Crippen molar-refractivity contribution in [1.29, 1.82) is 0 Å². The van der Waals surface area contributed by atoms with Gasteiger partial charge in [-0.05, 0) is 18.2 Å². The van der Waals surface area contributed by atoms with Crippen LogP contribution < -0.4 is 15.1 Å². The third kappa shape index (κ3) is 3.32. The number of ketones is 1. The Kier molecular flexibility index (Phi) is 4.37. The molecule has 2 saturated heterocycles. The molecule has 2 aliphatic heterocycles. The molecule has 0 unspecified atom stereocenters. The average molecular weight is 335 g/mol. The Hall–Kier alpha value is -2.64. The highest BCUT2D eigenvalue weighted by molar-refractivity contribution is 5.91. The number of Topliss-reactive ketones (excluding diaryl/α,β-unsaturated/α-hetero) is 1. The Labute approximate surface area is 138 Å². The van der Waals surface area contributed by atoms with Gasteiger partial charge in [0.05, 0.1) is 31.0 Å². The molecule has 7 nitrogen and oxygen atoms in total. The van der Waals surface area contributed by atoms with Crippen LogP contribution >= 0.6 is 0 Å². The normalized spacial score (nSPS) is 20.5. The molecule has 2 fully saturated rings. The number of nitrogens with one attached hydrogen (secondary N) is 1. The Morgan fingerprint density at radius 2 is 2.21 bits per heavy atom. The minimum Gasteiger partial charge on any atom is -0.442 e. The summed E-state index contributed by atoms with van der Waals surface area (Å²) in [7, 11) is 0. The maximum Gasteiger partial charge on any atom is 0.414 e. The number of benzene rings is 1. The van der Waals surface area contributed by atoms with Gasteiger partial charge in [0.2, 0.25) is 5.91 Å². The van der Waals surface area contributed by atoms with Gasteiger partial charge in [-0.2, -0.15) is 0 Å². The lowest BCUT2D eigenvalue weighted by molar-refractivity contribution is -0.119. The van der Waals surface area contributed by atoms with Gasteiger partial charge in [0.25, 0.3) is 0 Å². The Morgan fingerprint density at radius 3 is 2.83 bits per heavy atom. The molecule has 1 aromatic rings. The molecule has 0 bridgehead atoms. The zero-order valence-corrected chi connectivity index (χ0v) is 13.3. The van der Waals surface area contributed by atoms with Crippen molar-refractivity contribution in [3.63, 3.8) is 0 Å². The quantitative estimate of drug-likeness (QED) is 0.890. The topological polar surface area (TPSA) is 79.0 Å². The van der Waals surface area contributed by atoms with Crippen molar-refractivity contribution in [3.05, 3.63) is 24.0 Å². The number of rotatable bonds is 4. The molecule has 2 amide bonds. The first-order valence-electron chi connectivity index (χ1n) is 7.73. The highest BCUT2D eigenvalue weighted by Crippen LogP contribution is 2.29. The predicted octanol–water partition coefficient (Wildman–Crippen LogP) is 1.07. The number of hydrogen-bond acceptors (Lipinski definition) is 5. The van der Waals surface area contributed by atoms with Crippen LogP contribution in [0.1, 0.15) is 13.3 Å². The van der Waals surface area contributed by atoms with Crippen LogP contribution in [0, 0.1) is 5.82 Å². The summed E-state index contributed by atoms with van der Waals surface area (Å²) in [6.45, 7) is 2.54. The van der Waals surface area contributed by atoms with Crippen molar-refractivity contribution >= 4 is 29.2 Å². The molecule has 1 N–H and O–H groups in total. The van der Waals surface area contributed by atoms with E-state index in [-0.39, 0.29) is 31.3 Å². The van der Waals surface area contributed by atoms with E-state index < -0.39 is 18.0 Å². The lowest BCUT2D eigenvalue weighted by Crippen LogP contribution is -2.33. The second kappa shape index (κ2) is 6.46. The van der Waals surface area contributed by atoms with Gasteiger partial charge >= 0.3 is 6.09 Å². The first kappa shape index (κ1) is 16.2. The first-order valence-corrected chi connectivity index (χ1v) is 7.73. The summed E-state index contributed by atoms with van der Waals surface area (Å²) in [6.07, 6.45) is -0.626. The van der Waals surface area contributed by atoms with E-state index in [4.69, 9.17) is 4.74 Å². The van der Waals surface area contributed by atoms with E-state index in [0.29, 0.717) is 24.3 Å². The minimum atomic E-state index is -0.575. The zero-order valence-electron chi connectivity index (χ0n) is 13.3. The van der Waals surface area contributed by atoms with Crippen molar-refractivity contribution in [1.82, 2.24) is 5.32 Å². The molecule has 1 aromatic carbocycles. The molecule has 2 heterocycles. The molecular formula is C16H18FN3O4. The van der Waals surface area contributed by atoms with Gasteiger partial charge in [0.1, 0.15) is 11.9 Å². The molecule has 0 saturated carbocycles. The van der Waals surface area contributed by atoms with Gasteiger partial charge in [-0.1, -0.05) is 0 Å². The fourth-order valence-corrected chi connectivity index (χ4v) is 2.85. The van der Waals surface area contributed by atoms with Crippen LogP contribution in [0.3, 0.4) is 0 Å². The second-order valence-electron chi connectivity index (χ2n) is 5.90. The van der Waals surface area contributed by atoms with Crippen molar-refractivity contribution in [2.24, 2.45) is 0 Å². The van der Waals surface area contributed by atoms with Gasteiger partial charge < -0.3 is 15.0 Å². The van der Waals surface area contributed by atoms with Crippen LogP contribution in [0.15, 0.2) is 18.2 Å². The van der Waals surface area contributed by atoms with Gasteiger partial charge in [-0.25, -0.2) is 9.18 Å². The number of cyclic esters (lactones) is 1. The van der Waals surface area contributed by atoms with Crippen LogP contribution in [0.2, 0.25) is 0 Å². The third-order valence-electron chi connectivity index (χ3n) is 4.06. The number of nitrogens with zero attached hydrogens (tertiary/aromatic N) is 2. The molecular weight excluding hydrogens is 317 g/mol. The summed E-state index contributed by atoms with van der Waals surface area (Å²) in [5.74, 6) is -0.609. The van der Waals surface area contributed by atoms with E-state index in [1.807, 2.05) is 0 Å². The fourth-order valence-electron chi connectivity index (χ4n) is 2.85. The molecule has 1 atom stereocenters. The van der Waals surface area contributed by atoms with Crippen LogP contribution in [-0.4, -0.2) is 50.1 Å². The molecule has 128 valence electrons. The fraction of sp³-hybridized carbons (Fsp3) is 0.438. The van der Waals surface area contributed by atoms with Crippen molar-refractivity contribution in [2.45, 2.75) is 19.4 Å². The second-order valence-corrected chi connectivity index (χ2v) is 5.90.